The molecule has 5 nitrogen and oxygen atoms in total. The van der Waals surface area contributed by atoms with Gasteiger partial charge in [-0.3, -0.25) is 5.41 Å². The Morgan fingerprint density at radius 3 is 1.90 bits per heavy atom. The fourth-order valence-corrected chi connectivity index (χ4v) is 0.265. The lowest BCUT2D eigenvalue weighted by Gasteiger charge is -1.93. The van der Waals surface area contributed by atoms with Crippen LogP contribution in [0.2, 0.25) is 0 Å². The van der Waals surface area contributed by atoms with Crippen molar-refractivity contribution in [2.75, 3.05) is 6.54 Å². The molecule has 0 spiro atoms. The molecule has 10 heavy (non-hydrogen) atoms. The molecule has 0 aromatic heterocycles. The van der Waals surface area contributed by atoms with Gasteiger partial charge in [-0.05, 0) is 13.8 Å². The van der Waals surface area contributed by atoms with E-state index in [9.17, 15) is 0 Å². The monoisotopic (exact) mass is 148 g/mol. The highest BCUT2D eigenvalue weighted by atomic mass is 16.6. The lowest BCUT2D eigenvalue weighted by Crippen LogP contribution is -2.17. The van der Waals surface area contributed by atoms with Crippen molar-refractivity contribution >= 4 is 12.0 Å². The summed E-state index contributed by atoms with van der Waals surface area (Å²) in [6, 6.07) is 0. The number of nitrogens with one attached hydrogen (secondary N) is 2. The van der Waals surface area contributed by atoms with E-state index in [0.717, 1.165) is 6.54 Å². The number of carboxylic acid groups (broad SMARTS) is 2. The van der Waals surface area contributed by atoms with Gasteiger partial charge in [0.05, 0.1) is 5.84 Å². The molecule has 0 aromatic rings. The summed E-state index contributed by atoms with van der Waals surface area (Å²) >= 11 is 0. The lowest BCUT2D eigenvalue weighted by molar-refractivity contribution is 0.137. The second-order valence-corrected chi connectivity index (χ2v) is 1.44. The number of hydrogen-bond donors (Lipinski definition) is 4. The maximum absolute atomic E-state index is 8.56. The number of carbonyl (C=O) groups is 1. The quantitative estimate of drug-likeness (QED) is 0.327. The highest BCUT2D eigenvalue weighted by Crippen LogP contribution is 1.55. The second kappa shape index (κ2) is 7.74. The topological polar surface area (TPSA) is 93.4 Å². The van der Waals surface area contributed by atoms with E-state index in [1.54, 1.807) is 6.92 Å². The highest BCUT2D eigenvalue weighted by Gasteiger charge is 1.73. The Balaban J connectivity index is 0. The zero-order valence-corrected chi connectivity index (χ0v) is 6.01. The minimum Gasteiger partial charge on any atom is -0.450 e. The van der Waals surface area contributed by atoms with Gasteiger partial charge in [-0.1, -0.05) is 0 Å². The van der Waals surface area contributed by atoms with Crippen LogP contribution in [-0.2, 0) is 0 Å². The Bertz CT molecular complexity index is 109. The van der Waals surface area contributed by atoms with Crippen molar-refractivity contribution in [2.24, 2.45) is 0 Å². The fourth-order valence-electron chi connectivity index (χ4n) is 0.265. The first kappa shape index (κ1) is 11.5. The summed E-state index contributed by atoms with van der Waals surface area (Å²) in [5.74, 6) is 0.539. The SMILES string of the molecule is CCNC(C)=N.O=C(O)O. The Labute approximate surface area is 59.2 Å². The number of amidine groups is 1. The van der Waals surface area contributed by atoms with Gasteiger partial charge in [0.25, 0.3) is 0 Å². The van der Waals surface area contributed by atoms with Gasteiger partial charge in [-0.15, -0.1) is 0 Å². The van der Waals surface area contributed by atoms with Crippen LogP contribution in [-0.4, -0.2) is 28.7 Å². The van der Waals surface area contributed by atoms with Crippen molar-refractivity contribution in [2.45, 2.75) is 13.8 Å². The molecular weight excluding hydrogens is 136 g/mol. The third-order valence-electron chi connectivity index (χ3n) is 0.442. The van der Waals surface area contributed by atoms with E-state index >= 15 is 0 Å². The molecule has 0 bridgehead atoms. The van der Waals surface area contributed by atoms with Gasteiger partial charge in [0.2, 0.25) is 0 Å². The smallest absolute Gasteiger partial charge is 0.450 e. The predicted octanol–water partition coefficient (Wildman–Crippen LogP) is 0.815. The van der Waals surface area contributed by atoms with Gasteiger partial charge in [0, 0.05) is 6.54 Å². The van der Waals surface area contributed by atoms with Crippen LogP contribution in [0, 0.1) is 5.41 Å². The van der Waals surface area contributed by atoms with E-state index in [1.165, 1.54) is 0 Å². The molecule has 0 saturated heterocycles. The van der Waals surface area contributed by atoms with Crippen LogP contribution in [0.15, 0.2) is 0 Å². The summed E-state index contributed by atoms with van der Waals surface area (Å²) in [7, 11) is 0. The van der Waals surface area contributed by atoms with Crippen molar-refractivity contribution in [3.05, 3.63) is 0 Å². The largest absolute Gasteiger partial charge is 0.503 e. The first-order valence-corrected chi connectivity index (χ1v) is 2.71. The van der Waals surface area contributed by atoms with Crippen molar-refractivity contribution in [3.8, 4) is 0 Å². The molecule has 5 heteroatoms. The number of rotatable bonds is 1. The summed E-state index contributed by atoms with van der Waals surface area (Å²) in [5.41, 5.74) is 0. The van der Waals surface area contributed by atoms with Gasteiger partial charge in [-0.2, -0.15) is 0 Å². The summed E-state index contributed by atoms with van der Waals surface area (Å²) in [6.45, 7) is 4.55. The molecule has 0 atom stereocenters. The summed E-state index contributed by atoms with van der Waals surface area (Å²) in [5, 5.41) is 23.5. The van der Waals surface area contributed by atoms with Crippen molar-refractivity contribution in [3.63, 3.8) is 0 Å². The molecule has 0 fully saturated rings. The molecule has 0 aliphatic carbocycles. The minimum atomic E-state index is -1.83. The Morgan fingerprint density at radius 1 is 1.60 bits per heavy atom. The summed E-state index contributed by atoms with van der Waals surface area (Å²) < 4.78 is 0. The van der Waals surface area contributed by atoms with E-state index in [0.29, 0.717) is 5.84 Å². The molecular formula is C5H12N2O3. The van der Waals surface area contributed by atoms with Crippen molar-refractivity contribution in [1.29, 1.82) is 5.41 Å². The van der Waals surface area contributed by atoms with Gasteiger partial charge in [0.15, 0.2) is 0 Å². The van der Waals surface area contributed by atoms with Crippen molar-refractivity contribution in [1.82, 2.24) is 5.32 Å². The van der Waals surface area contributed by atoms with Crippen LogP contribution in [0.3, 0.4) is 0 Å². The molecule has 60 valence electrons. The lowest BCUT2D eigenvalue weighted by atomic mass is 10.6. The first-order valence-electron chi connectivity index (χ1n) is 2.71. The molecule has 0 radical (unpaired) electrons. The standard InChI is InChI=1S/C4H10N2.CH2O3/c1-3-6-4(2)5;2-1(3)4/h3H2,1-2H3,(H2,5,6);(H2,2,3,4). The van der Waals surface area contributed by atoms with Gasteiger partial charge >= 0.3 is 6.16 Å². The maximum atomic E-state index is 8.56. The van der Waals surface area contributed by atoms with Gasteiger partial charge < -0.3 is 15.5 Å². The molecule has 0 saturated carbocycles. The Hall–Kier alpha value is -1.26. The van der Waals surface area contributed by atoms with E-state index in [1.807, 2.05) is 6.92 Å². The summed E-state index contributed by atoms with van der Waals surface area (Å²) in [4.78, 5) is 8.56. The fraction of sp³-hybridized carbons (Fsp3) is 0.600. The Kier molecular flexibility index (Phi) is 8.92. The zero-order chi connectivity index (χ0) is 8.57. The van der Waals surface area contributed by atoms with E-state index in [2.05, 4.69) is 5.32 Å². The minimum absolute atomic E-state index is 0.539. The van der Waals surface area contributed by atoms with E-state index < -0.39 is 6.16 Å². The van der Waals surface area contributed by atoms with Crippen LogP contribution in [0.25, 0.3) is 0 Å². The normalized spacial score (nSPS) is 7.00. The molecule has 0 aliphatic heterocycles. The predicted molar refractivity (Wildman–Crippen MR) is 37.7 cm³/mol. The summed E-state index contributed by atoms with van der Waals surface area (Å²) in [6.07, 6.45) is -1.83. The highest BCUT2D eigenvalue weighted by molar-refractivity contribution is 5.75. The molecule has 0 aromatic carbocycles. The molecule has 4 N–H and O–H groups in total. The third-order valence-corrected chi connectivity index (χ3v) is 0.442. The average molecular weight is 148 g/mol. The van der Waals surface area contributed by atoms with E-state index in [-0.39, 0.29) is 0 Å². The van der Waals surface area contributed by atoms with Crippen LogP contribution in [0.4, 0.5) is 4.79 Å². The van der Waals surface area contributed by atoms with Gasteiger partial charge in [0.1, 0.15) is 0 Å². The van der Waals surface area contributed by atoms with Crippen LogP contribution in [0.5, 0.6) is 0 Å². The van der Waals surface area contributed by atoms with Crippen LogP contribution < -0.4 is 5.32 Å². The Morgan fingerprint density at radius 2 is 1.90 bits per heavy atom. The average Bonchev–Trinajstić information content (AvgIpc) is 1.62. The third kappa shape index (κ3) is 73.3. The van der Waals surface area contributed by atoms with E-state index in [4.69, 9.17) is 20.4 Å². The maximum Gasteiger partial charge on any atom is 0.503 e. The molecule has 0 aliphatic rings. The molecule has 0 heterocycles. The first-order chi connectivity index (χ1) is 4.50. The van der Waals surface area contributed by atoms with Crippen molar-refractivity contribution < 1.29 is 15.0 Å². The zero-order valence-electron chi connectivity index (χ0n) is 6.01. The molecule has 0 unspecified atom stereocenters. The molecule has 0 amide bonds. The van der Waals surface area contributed by atoms with Gasteiger partial charge in [-0.25, -0.2) is 4.79 Å². The van der Waals surface area contributed by atoms with Crippen LogP contribution in [0.1, 0.15) is 13.8 Å². The molecule has 0 rings (SSSR count). The number of hydrogen-bond acceptors (Lipinski definition) is 2. The second-order valence-electron chi connectivity index (χ2n) is 1.44. The van der Waals surface area contributed by atoms with Crippen LogP contribution >= 0.6 is 0 Å².